The van der Waals surface area contributed by atoms with Gasteiger partial charge in [-0.1, -0.05) is 18.2 Å². The Kier molecular flexibility index (Phi) is 5.47. The average molecular weight is 432 g/mol. The minimum atomic E-state index is -4.32. The van der Waals surface area contributed by atoms with Gasteiger partial charge in [0, 0.05) is 39.5 Å². The molecule has 3 aromatic carbocycles. The van der Waals surface area contributed by atoms with Gasteiger partial charge in [0.1, 0.15) is 44.7 Å². The zero-order chi connectivity index (χ0) is 21.3. The molecule has 0 aliphatic rings. The van der Waals surface area contributed by atoms with Crippen molar-refractivity contribution in [2.24, 2.45) is 0 Å². The van der Waals surface area contributed by atoms with Crippen molar-refractivity contribution in [2.75, 3.05) is 0 Å². The van der Waals surface area contributed by atoms with E-state index in [2.05, 4.69) is 0 Å². The van der Waals surface area contributed by atoms with Crippen LogP contribution in [0.5, 0.6) is 0 Å². The monoisotopic (exact) mass is 432 g/mol. The summed E-state index contributed by atoms with van der Waals surface area (Å²) in [5.41, 5.74) is 0. The van der Waals surface area contributed by atoms with Crippen LogP contribution in [0.1, 0.15) is 0 Å². The molecule has 3 nitrogen and oxygen atoms in total. The van der Waals surface area contributed by atoms with Gasteiger partial charge >= 0.3 is 6.16 Å². The lowest BCUT2D eigenvalue weighted by Gasteiger charge is -2.38. The third kappa shape index (κ3) is 3.63. The minimum absolute atomic E-state index is 0.216. The third-order valence-electron chi connectivity index (χ3n) is 3.77. The van der Waals surface area contributed by atoms with Gasteiger partial charge in [0.25, 0.3) is 0 Å². The van der Waals surface area contributed by atoms with Gasteiger partial charge in [0.2, 0.25) is 0 Å². The molecule has 0 heterocycles. The smallest absolute Gasteiger partial charge is 0.449 e. The predicted molar refractivity (Wildman–Crippen MR) is 90.6 cm³/mol. The molecule has 0 fully saturated rings. The molecule has 0 aliphatic carbocycles. The van der Waals surface area contributed by atoms with E-state index in [1.54, 1.807) is 0 Å². The van der Waals surface area contributed by atoms with E-state index in [4.69, 9.17) is 4.18 Å². The van der Waals surface area contributed by atoms with Crippen molar-refractivity contribution in [3.63, 3.8) is 0 Å². The van der Waals surface area contributed by atoms with Crippen LogP contribution in [0.3, 0.4) is 0 Å². The van der Waals surface area contributed by atoms with Crippen LogP contribution >= 0.6 is 10.3 Å². The van der Waals surface area contributed by atoms with Gasteiger partial charge < -0.3 is 9.29 Å². The lowest BCUT2D eigenvalue weighted by molar-refractivity contribution is 0.150. The molecule has 3 aromatic rings. The summed E-state index contributed by atoms with van der Waals surface area (Å²) >= 11 is 0. The molecule has 152 valence electrons. The van der Waals surface area contributed by atoms with Crippen LogP contribution in [0, 0.1) is 34.9 Å². The number of hydrogen-bond acceptors (Lipinski definition) is 2. The molecule has 3 rings (SSSR count). The van der Waals surface area contributed by atoms with Crippen molar-refractivity contribution in [3.8, 4) is 0 Å². The van der Waals surface area contributed by atoms with Crippen molar-refractivity contribution in [1.29, 1.82) is 0 Å². The van der Waals surface area contributed by atoms with Crippen LogP contribution in [0.4, 0.5) is 31.1 Å². The van der Waals surface area contributed by atoms with E-state index in [1.165, 1.54) is 18.2 Å². The molecule has 0 amide bonds. The highest BCUT2D eigenvalue weighted by atomic mass is 32.3. The van der Waals surface area contributed by atoms with Crippen molar-refractivity contribution >= 4 is 16.5 Å². The van der Waals surface area contributed by atoms with Gasteiger partial charge in [-0.3, -0.25) is 0 Å². The Bertz CT molecular complexity index is 987. The molecule has 0 bridgehead atoms. The second kappa shape index (κ2) is 7.70. The van der Waals surface area contributed by atoms with Gasteiger partial charge in [0.15, 0.2) is 0 Å². The largest absolute Gasteiger partial charge is 0.517 e. The van der Waals surface area contributed by atoms with Crippen LogP contribution in [-0.4, -0.2) is 11.3 Å². The Labute approximate surface area is 161 Å². The topological polar surface area (TPSA) is 46.5 Å². The fourth-order valence-electron chi connectivity index (χ4n) is 2.80. The molecule has 0 spiro atoms. The zero-order valence-electron chi connectivity index (χ0n) is 14.1. The Morgan fingerprint density at radius 2 is 1.10 bits per heavy atom. The molecule has 1 N–H and O–H groups in total. The fraction of sp³-hybridized carbons (Fsp3) is 0. The highest BCUT2D eigenvalue weighted by Gasteiger charge is 2.45. The number of carbonyl (C=O) groups is 1. The van der Waals surface area contributed by atoms with E-state index in [0.717, 1.165) is 12.1 Å². The number of halogens is 6. The lowest BCUT2D eigenvalue weighted by atomic mass is 10.3. The number of rotatable bonds is 4. The summed E-state index contributed by atoms with van der Waals surface area (Å²) in [6, 6.07) is 7.18. The SMILES string of the molecule is O=C(O)OS(c1ccccc1)(c1c(F)cc(F)cc1F)c1c(F)cc(F)cc1F. The highest BCUT2D eigenvalue weighted by Crippen LogP contribution is 2.71. The lowest BCUT2D eigenvalue weighted by Crippen LogP contribution is -2.17. The summed E-state index contributed by atoms with van der Waals surface area (Å²) in [6.45, 7) is 0. The number of hydrogen-bond donors (Lipinski definition) is 1. The first-order valence-electron chi connectivity index (χ1n) is 7.76. The highest BCUT2D eigenvalue weighted by molar-refractivity contribution is 8.30. The average Bonchev–Trinajstić information content (AvgIpc) is 2.59. The van der Waals surface area contributed by atoms with Crippen LogP contribution < -0.4 is 0 Å². The van der Waals surface area contributed by atoms with E-state index in [1.807, 2.05) is 0 Å². The Hall–Kier alpha value is -3.14. The molecular weight excluding hydrogens is 422 g/mol. The molecule has 0 saturated carbocycles. The van der Waals surface area contributed by atoms with E-state index >= 15 is 0 Å². The van der Waals surface area contributed by atoms with Gasteiger partial charge in [0.05, 0.1) is 0 Å². The summed E-state index contributed by atoms with van der Waals surface area (Å²) in [6.07, 6.45) is -2.12. The van der Waals surface area contributed by atoms with E-state index in [0.29, 0.717) is 0 Å². The summed E-state index contributed by atoms with van der Waals surface area (Å²) in [4.78, 5) is 8.73. The number of benzene rings is 3. The molecular formula is C19H10F6O3S. The minimum Gasteiger partial charge on any atom is -0.449 e. The second-order valence-corrected chi connectivity index (χ2v) is 8.18. The first-order valence-corrected chi connectivity index (χ1v) is 9.32. The molecule has 0 saturated heterocycles. The van der Waals surface area contributed by atoms with E-state index in [-0.39, 0.29) is 29.2 Å². The first-order chi connectivity index (χ1) is 13.7. The Morgan fingerprint density at radius 1 is 0.724 bits per heavy atom. The van der Waals surface area contributed by atoms with Gasteiger partial charge in [-0.2, -0.15) is 0 Å². The van der Waals surface area contributed by atoms with E-state index in [9.17, 15) is 36.2 Å². The van der Waals surface area contributed by atoms with Crippen LogP contribution in [0.2, 0.25) is 0 Å². The van der Waals surface area contributed by atoms with Crippen molar-refractivity contribution in [1.82, 2.24) is 0 Å². The first kappa shape index (κ1) is 20.6. The Balaban J connectivity index is 2.56. The maximum Gasteiger partial charge on any atom is 0.517 e. The van der Waals surface area contributed by atoms with Gasteiger partial charge in [-0.05, 0) is 12.1 Å². The van der Waals surface area contributed by atoms with Gasteiger partial charge in [-0.15, -0.1) is 0 Å². The van der Waals surface area contributed by atoms with Crippen LogP contribution in [0.25, 0.3) is 0 Å². The third-order valence-corrected chi connectivity index (χ3v) is 7.03. The molecule has 0 radical (unpaired) electrons. The standard InChI is InChI=1S/C19H10F6O3S/c20-10-6-13(22)17(14(23)7-10)29(28-19(26)27,12-4-2-1-3-5-12)18-15(24)8-11(21)9-16(18)25/h1-9H,(H,26,27). The van der Waals surface area contributed by atoms with E-state index < -0.39 is 61.2 Å². The number of carboxylic acid groups (broad SMARTS) is 1. The fourth-order valence-corrected chi connectivity index (χ4v) is 5.82. The maximum atomic E-state index is 14.7. The molecule has 0 aliphatic heterocycles. The summed E-state index contributed by atoms with van der Waals surface area (Å²) in [5.74, 6) is -9.23. The predicted octanol–water partition coefficient (Wildman–Crippen LogP) is 6.41. The quantitative estimate of drug-likeness (QED) is 0.485. The molecule has 29 heavy (non-hydrogen) atoms. The summed E-state index contributed by atoms with van der Waals surface area (Å²) < 4.78 is 90.6. The van der Waals surface area contributed by atoms with Gasteiger partial charge in [-0.25, -0.2) is 31.1 Å². The summed E-state index contributed by atoms with van der Waals surface area (Å²) in [5, 5.41) is 9.27. The van der Waals surface area contributed by atoms with Crippen molar-refractivity contribution in [2.45, 2.75) is 14.7 Å². The second-order valence-electron chi connectivity index (χ2n) is 5.62. The maximum absolute atomic E-state index is 14.7. The summed E-state index contributed by atoms with van der Waals surface area (Å²) in [7, 11) is -4.32. The molecule has 0 unspecified atom stereocenters. The molecule has 10 heteroatoms. The van der Waals surface area contributed by atoms with Crippen molar-refractivity contribution < 1.29 is 40.4 Å². The Morgan fingerprint density at radius 3 is 1.45 bits per heavy atom. The zero-order valence-corrected chi connectivity index (χ0v) is 15.0. The molecule has 0 aromatic heterocycles. The van der Waals surface area contributed by atoms with Crippen LogP contribution in [0.15, 0.2) is 69.3 Å². The normalized spacial score (nSPS) is 11.9. The van der Waals surface area contributed by atoms with Crippen LogP contribution in [-0.2, 0) is 4.18 Å². The molecule has 0 atom stereocenters. The van der Waals surface area contributed by atoms with Crippen molar-refractivity contribution in [3.05, 3.63) is 89.5 Å².